The number of benzene rings is 2. The monoisotopic (exact) mass is 343 g/mol. The summed E-state index contributed by atoms with van der Waals surface area (Å²) in [7, 11) is 0. The molecule has 0 radical (unpaired) electrons. The number of imide groups is 1. The number of aliphatic hydroxyl groups is 1. The van der Waals surface area contributed by atoms with Crippen LogP contribution >= 0.6 is 11.8 Å². The molecule has 6 heteroatoms. The summed E-state index contributed by atoms with van der Waals surface area (Å²) < 4.78 is 13.2. The molecule has 0 atom stereocenters. The lowest BCUT2D eigenvalue weighted by atomic mass is 10.1. The second-order valence-electron chi connectivity index (χ2n) is 5.06. The number of hydrogen-bond acceptors (Lipinski definition) is 4. The highest BCUT2D eigenvalue weighted by molar-refractivity contribution is 8.04. The number of halogens is 1. The molecule has 24 heavy (non-hydrogen) atoms. The van der Waals surface area contributed by atoms with Crippen LogP contribution in [0.2, 0.25) is 0 Å². The fraction of sp³-hybridized carbons (Fsp3) is 0.111. The predicted molar refractivity (Wildman–Crippen MR) is 91.8 cm³/mol. The number of carbonyl (C=O) groups excluding carboxylic acids is 2. The van der Waals surface area contributed by atoms with E-state index in [1.165, 1.54) is 24.3 Å². The summed E-state index contributed by atoms with van der Waals surface area (Å²) in [5.74, 6) is -0.996. The second kappa shape index (κ2) is 6.98. The van der Waals surface area contributed by atoms with Crippen LogP contribution in [0.4, 0.5) is 10.1 Å². The minimum Gasteiger partial charge on any atom is -0.396 e. The van der Waals surface area contributed by atoms with Crippen LogP contribution in [0.5, 0.6) is 0 Å². The van der Waals surface area contributed by atoms with Crippen LogP contribution in [0.3, 0.4) is 0 Å². The summed E-state index contributed by atoms with van der Waals surface area (Å²) in [6.45, 7) is -0.113. The van der Waals surface area contributed by atoms with Gasteiger partial charge in [0.1, 0.15) is 5.82 Å². The van der Waals surface area contributed by atoms with Gasteiger partial charge in [-0.2, -0.15) is 0 Å². The Balaban J connectivity index is 2.06. The first kappa shape index (κ1) is 16.4. The lowest BCUT2D eigenvalue weighted by molar-refractivity contribution is -0.119. The molecule has 2 amide bonds. The van der Waals surface area contributed by atoms with Gasteiger partial charge in [0.2, 0.25) is 0 Å². The van der Waals surface area contributed by atoms with Gasteiger partial charge in [-0.15, -0.1) is 11.8 Å². The van der Waals surface area contributed by atoms with E-state index in [9.17, 15) is 14.0 Å². The lowest BCUT2D eigenvalue weighted by Crippen LogP contribution is -2.31. The van der Waals surface area contributed by atoms with Crippen molar-refractivity contribution in [1.29, 1.82) is 0 Å². The quantitative estimate of drug-likeness (QED) is 0.848. The van der Waals surface area contributed by atoms with E-state index in [0.717, 1.165) is 16.7 Å². The number of hydrogen-bond donors (Lipinski definition) is 1. The standard InChI is InChI=1S/C18H14FNO3S/c19-13-8-6-12(7-9-13)15-16(24-11-10-21)18(23)20(17(15)22)14-4-2-1-3-5-14/h1-9,21H,10-11H2. The van der Waals surface area contributed by atoms with Gasteiger partial charge in [-0.25, -0.2) is 9.29 Å². The average Bonchev–Trinajstić information content (AvgIpc) is 2.85. The van der Waals surface area contributed by atoms with Crippen molar-refractivity contribution in [3.63, 3.8) is 0 Å². The zero-order chi connectivity index (χ0) is 17.1. The summed E-state index contributed by atoms with van der Waals surface area (Å²) in [5.41, 5.74) is 1.20. The first-order valence-corrected chi connectivity index (χ1v) is 8.29. The average molecular weight is 343 g/mol. The van der Waals surface area contributed by atoms with E-state index in [-0.39, 0.29) is 17.1 Å². The van der Waals surface area contributed by atoms with Gasteiger partial charge in [-0.05, 0) is 29.8 Å². The summed E-state index contributed by atoms with van der Waals surface area (Å²) in [6.07, 6.45) is 0. The minimum atomic E-state index is -0.446. The molecule has 4 nitrogen and oxygen atoms in total. The maximum atomic E-state index is 13.2. The number of para-hydroxylation sites is 1. The number of carbonyl (C=O) groups is 2. The van der Waals surface area contributed by atoms with Crippen molar-refractivity contribution in [2.45, 2.75) is 0 Å². The Hall–Kier alpha value is -2.44. The fourth-order valence-corrected chi connectivity index (χ4v) is 3.33. The van der Waals surface area contributed by atoms with E-state index in [0.29, 0.717) is 17.0 Å². The first-order valence-electron chi connectivity index (χ1n) is 7.31. The Morgan fingerprint density at radius 2 is 1.62 bits per heavy atom. The Morgan fingerprint density at radius 3 is 2.25 bits per heavy atom. The van der Waals surface area contributed by atoms with Crippen LogP contribution in [0.25, 0.3) is 5.57 Å². The van der Waals surface area contributed by atoms with E-state index >= 15 is 0 Å². The van der Waals surface area contributed by atoms with E-state index in [1.807, 2.05) is 0 Å². The largest absolute Gasteiger partial charge is 0.396 e. The second-order valence-corrected chi connectivity index (χ2v) is 6.17. The Bertz CT molecular complexity index is 803. The number of thioether (sulfide) groups is 1. The maximum Gasteiger partial charge on any atom is 0.272 e. The highest BCUT2D eigenvalue weighted by Crippen LogP contribution is 2.38. The molecule has 122 valence electrons. The van der Waals surface area contributed by atoms with Crippen molar-refractivity contribution in [1.82, 2.24) is 0 Å². The molecule has 0 aliphatic carbocycles. The lowest BCUT2D eigenvalue weighted by Gasteiger charge is -2.14. The summed E-state index contributed by atoms with van der Waals surface area (Å²) >= 11 is 1.13. The topological polar surface area (TPSA) is 57.6 Å². The van der Waals surface area contributed by atoms with Gasteiger partial charge in [0.25, 0.3) is 11.8 Å². The molecule has 1 aliphatic rings. The molecule has 0 bridgehead atoms. The third-order valence-electron chi connectivity index (χ3n) is 3.53. The van der Waals surface area contributed by atoms with Crippen molar-refractivity contribution in [3.8, 4) is 0 Å². The molecule has 1 N–H and O–H groups in total. The molecule has 0 saturated carbocycles. The highest BCUT2D eigenvalue weighted by atomic mass is 32.2. The van der Waals surface area contributed by atoms with Gasteiger partial charge in [-0.1, -0.05) is 30.3 Å². The summed E-state index contributed by atoms with van der Waals surface area (Å²) in [6, 6.07) is 14.1. The van der Waals surface area contributed by atoms with Crippen LogP contribution in [-0.2, 0) is 9.59 Å². The number of rotatable bonds is 5. The Kier molecular flexibility index (Phi) is 4.78. The molecule has 0 fully saturated rings. The summed E-state index contributed by atoms with van der Waals surface area (Å²) in [5, 5.41) is 9.05. The van der Waals surface area contributed by atoms with Crippen molar-refractivity contribution >= 4 is 34.8 Å². The zero-order valence-corrected chi connectivity index (χ0v) is 13.4. The van der Waals surface area contributed by atoms with Crippen LogP contribution in [0.1, 0.15) is 5.56 Å². The van der Waals surface area contributed by atoms with Crippen LogP contribution < -0.4 is 4.90 Å². The van der Waals surface area contributed by atoms with E-state index < -0.39 is 17.6 Å². The van der Waals surface area contributed by atoms with Crippen LogP contribution in [-0.4, -0.2) is 29.3 Å². The van der Waals surface area contributed by atoms with Gasteiger partial charge in [0.15, 0.2) is 0 Å². The molecule has 3 rings (SSSR count). The highest BCUT2D eigenvalue weighted by Gasteiger charge is 2.39. The molecule has 0 aromatic heterocycles. The van der Waals surface area contributed by atoms with E-state index in [1.54, 1.807) is 30.3 Å². The van der Waals surface area contributed by atoms with Crippen molar-refractivity contribution < 1.29 is 19.1 Å². The number of nitrogens with zero attached hydrogens (tertiary/aromatic N) is 1. The van der Waals surface area contributed by atoms with Crippen molar-refractivity contribution in [2.75, 3.05) is 17.3 Å². The SMILES string of the molecule is O=C1C(SCCO)=C(c2ccc(F)cc2)C(=O)N1c1ccccc1. The minimum absolute atomic E-state index is 0.113. The van der Waals surface area contributed by atoms with E-state index in [2.05, 4.69) is 0 Å². The fourth-order valence-electron chi connectivity index (χ4n) is 2.47. The predicted octanol–water partition coefficient (Wildman–Crippen LogP) is 2.84. The summed E-state index contributed by atoms with van der Waals surface area (Å²) in [4.78, 5) is 27.0. The smallest absolute Gasteiger partial charge is 0.272 e. The number of aliphatic hydroxyl groups excluding tert-OH is 1. The molecular formula is C18H14FNO3S. The molecule has 2 aromatic rings. The Labute approximate surface area is 142 Å². The van der Waals surface area contributed by atoms with Gasteiger partial charge in [0, 0.05) is 5.75 Å². The molecule has 1 aliphatic heterocycles. The zero-order valence-electron chi connectivity index (χ0n) is 12.6. The third-order valence-corrected chi connectivity index (χ3v) is 4.58. The van der Waals surface area contributed by atoms with Gasteiger partial charge >= 0.3 is 0 Å². The van der Waals surface area contributed by atoms with Crippen molar-refractivity contribution in [3.05, 3.63) is 70.9 Å². The normalized spacial score (nSPS) is 14.7. The molecule has 0 spiro atoms. The van der Waals surface area contributed by atoms with Crippen molar-refractivity contribution in [2.24, 2.45) is 0 Å². The van der Waals surface area contributed by atoms with Gasteiger partial charge in [-0.3, -0.25) is 9.59 Å². The molecular weight excluding hydrogens is 329 g/mol. The Morgan fingerprint density at radius 1 is 0.958 bits per heavy atom. The first-order chi connectivity index (χ1) is 11.6. The van der Waals surface area contributed by atoms with E-state index in [4.69, 9.17) is 5.11 Å². The molecule has 1 heterocycles. The molecule has 0 unspecified atom stereocenters. The molecule has 0 saturated heterocycles. The number of amides is 2. The van der Waals surface area contributed by atoms with Crippen LogP contribution in [0, 0.1) is 5.82 Å². The number of anilines is 1. The van der Waals surface area contributed by atoms with Crippen LogP contribution in [0.15, 0.2) is 59.5 Å². The maximum absolute atomic E-state index is 13.2. The molecule has 2 aromatic carbocycles. The van der Waals surface area contributed by atoms with Gasteiger partial charge < -0.3 is 5.11 Å². The third kappa shape index (κ3) is 2.98. The van der Waals surface area contributed by atoms with Gasteiger partial charge in [0.05, 0.1) is 22.8 Å².